The molecule has 1 saturated carbocycles. The molecule has 2 aliphatic rings. The Kier molecular flexibility index (Phi) is 3.26. The number of rotatable bonds is 3. The van der Waals surface area contributed by atoms with Gasteiger partial charge in [0.05, 0.1) is 6.61 Å². The number of amides is 1. The molecule has 0 spiro atoms. The zero-order chi connectivity index (χ0) is 12.5. The first kappa shape index (κ1) is 12.0. The van der Waals surface area contributed by atoms with Gasteiger partial charge >= 0.3 is 0 Å². The Labute approximate surface area is 114 Å². The number of halogens is 1. The zero-order valence-corrected chi connectivity index (χ0v) is 11.5. The normalized spacial score (nSPS) is 17.8. The van der Waals surface area contributed by atoms with Crippen molar-refractivity contribution in [2.45, 2.75) is 26.0 Å². The van der Waals surface area contributed by atoms with Gasteiger partial charge in [0.1, 0.15) is 5.75 Å². The molecule has 1 aliphatic carbocycles. The van der Waals surface area contributed by atoms with Gasteiger partial charge < -0.3 is 14.8 Å². The topological polar surface area (TPSA) is 47.6 Å². The van der Waals surface area contributed by atoms with Gasteiger partial charge in [0.2, 0.25) is 5.91 Å². The maximum absolute atomic E-state index is 11.6. The van der Waals surface area contributed by atoms with E-state index < -0.39 is 0 Å². The molecule has 1 amide bonds. The van der Waals surface area contributed by atoms with E-state index >= 15 is 0 Å². The molecule has 0 radical (unpaired) electrons. The van der Waals surface area contributed by atoms with E-state index in [1.807, 2.05) is 12.1 Å². The number of hydrogen-bond donors (Lipinski definition) is 1. The summed E-state index contributed by atoms with van der Waals surface area (Å²) in [6, 6.07) is 3.97. The van der Waals surface area contributed by atoms with Crippen molar-refractivity contribution in [1.82, 2.24) is 5.32 Å². The molecule has 5 heteroatoms. The third kappa shape index (κ3) is 2.52. The van der Waals surface area contributed by atoms with E-state index in [0.717, 1.165) is 34.2 Å². The first-order valence-corrected chi connectivity index (χ1v) is 6.83. The van der Waals surface area contributed by atoms with Crippen molar-refractivity contribution >= 4 is 21.8 Å². The summed E-state index contributed by atoms with van der Waals surface area (Å²) in [4.78, 5) is 11.6. The van der Waals surface area contributed by atoms with Gasteiger partial charge in [0.15, 0.2) is 6.79 Å². The van der Waals surface area contributed by atoms with Crippen LogP contribution in [0, 0.1) is 5.92 Å². The van der Waals surface area contributed by atoms with E-state index in [2.05, 4.69) is 21.2 Å². The molecule has 1 aromatic rings. The smallest absolute Gasteiger partial charge is 0.223 e. The SMILES string of the molecule is O=C(NCc1cc(Br)cc2c1OCOC2)C1CC1. The first-order valence-electron chi connectivity index (χ1n) is 6.03. The molecular formula is C13H14BrNO3. The lowest BCUT2D eigenvalue weighted by atomic mass is 10.1. The molecule has 96 valence electrons. The van der Waals surface area contributed by atoms with E-state index in [9.17, 15) is 4.79 Å². The largest absolute Gasteiger partial charge is 0.467 e. The summed E-state index contributed by atoms with van der Waals surface area (Å²) in [5, 5.41) is 2.96. The predicted octanol–water partition coefficient (Wildman–Crippen LogP) is 2.34. The van der Waals surface area contributed by atoms with Crippen LogP contribution in [-0.4, -0.2) is 12.7 Å². The minimum Gasteiger partial charge on any atom is -0.467 e. The molecular weight excluding hydrogens is 298 g/mol. The summed E-state index contributed by atoms with van der Waals surface area (Å²) in [5.74, 6) is 1.23. The Balaban J connectivity index is 1.77. The third-order valence-corrected chi connectivity index (χ3v) is 3.61. The lowest BCUT2D eigenvalue weighted by Crippen LogP contribution is -2.25. The summed E-state index contributed by atoms with van der Waals surface area (Å²) in [6.07, 6.45) is 2.04. The molecule has 1 aromatic carbocycles. The van der Waals surface area contributed by atoms with Crippen LogP contribution in [0.25, 0.3) is 0 Å². The average Bonchev–Trinajstić information content (AvgIpc) is 3.19. The lowest BCUT2D eigenvalue weighted by molar-refractivity contribution is -0.122. The van der Waals surface area contributed by atoms with E-state index in [1.165, 1.54) is 0 Å². The van der Waals surface area contributed by atoms with Gasteiger partial charge in [0.25, 0.3) is 0 Å². The molecule has 1 N–H and O–H groups in total. The van der Waals surface area contributed by atoms with Crippen LogP contribution < -0.4 is 10.1 Å². The number of carbonyl (C=O) groups is 1. The van der Waals surface area contributed by atoms with Crippen molar-refractivity contribution in [3.63, 3.8) is 0 Å². The number of ether oxygens (including phenoxy) is 2. The van der Waals surface area contributed by atoms with Gasteiger partial charge in [-0.3, -0.25) is 4.79 Å². The van der Waals surface area contributed by atoms with Crippen LogP contribution in [0.4, 0.5) is 0 Å². The van der Waals surface area contributed by atoms with Gasteiger partial charge in [0, 0.05) is 28.1 Å². The van der Waals surface area contributed by atoms with Gasteiger partial charge in [-0.05, 0) is 25.0 Å². The monoisotopic (exact) mass is 311 g/mol. The van der Waals surface area contributed by atoms with Crippen LogP contribution >= 0.6 is 15.9 Å². The molecule has 0 bridgehead atoms. The molecule has 4 nitrogen and oxygen atoms in total. The highest BCUT2D eigenvalue weighted by Crippen LogP contribution is 2.32. The maximum Gasteiger partial charge on any atom is 0.223 e. The highest BCUT2D eigenvalue weighted by molar-refractivity contribution is 9.10. The first-order chi connectivity index (χ1) is 8.74. The van der Waals surface area contributed by atoms with Gasteiger partial charge in [-0.25, -0.2) is 0 Å². The van der Waals surface area contributed by atoms with Crippen LogP contribution in [0.5, 0.6) is 5.75 Å². The highest BCUT2D eigenvalue weighted by Gasteiger charge is 2.29. The van der Waals surface area contributed by atoms with Crippen molar-refractivity contribution in [1.29, 1.82) is 0 Å². The molecule has 0 aromatic heterocycles. The van der Waals surface area contributed by atoms with Crippen molar-refractivity contribution in [2.24, 2.45) is 5.92 Å². The van der Waals surface area contributed by atoms with Crippen molar-refractivity contribution in [3.05, 3.63) is 27.7 Å². The molecule has 0 atom stereocenters. The van der Waals surface area contributed by atoms with Crippen LogP contribution in [0.1, 0.15) is 24.0 Å². The number of hydrogen-bond acceptors (Lipinski definition) is 3. The van der Waals surface area contributed by atoms with Crippen LogP contribution in [0.15, 0.2) is 16.6 Å². The lowest BCUT2D eigenvalue weighted by Gasteiger charge is -2.21. The Morgan fingerprint density at radius 1 is 1.44 bits per heavy atom. The Bertz CT molecular complexity index is 485. The highest BCUT2D eigenvalue weighted by atomic mass is 79.9. The van der Waals surface area contributed by atoms with Crippen molar-refractivity contribution < 1.29 is 14.3 Å². The Hall–Kier alpha value is -1.07. The van der Waals surface area contributed by atoms with Crippen LogP contribution in [0.2, 0.25) is 0 Å². The second-order valence-electron chi connectivity index (χ2n) is 4.66. The molecule has 1 fully saturated rings. The quantitative estimate of drug-likeness (QED) is 0.932. The number of benzene rings is 1. The zero-order valence-electron chi connectivity index (χ0n) is 9.87. The molecule has 0 unspecified atom stereocenters. The van der Waals surface area contributed by atoms with Gasteiger partial charge in [-0.1, -0.05) is 15.9 Å². The maximum atomic E-state index is 11.6. The third-order valence-electron chi connectivity index (χ3n) is 3.15. The van der Waals surface area contributed by atoms with Crippen LogP contribution in [-0.2, 0) is 22.7 Å². The van der Waals surface area contributed by atoms with Crippen LogP contribution in [0.3, 0.4) is 0 Å². The summed E-state index contributed by atoms with van der Waals surface area (Å²) < 4.78 is 11.8. The number of nitrogens with one attached hydrogen (secondary N) is 1. The fourth-order valence-corrected chi connectivity index (χ4v) is 2.61. The van der Waals surface area contributed by atoms with Crippen molar-refractivity contribution in [3.8, 4) is 5.75 Å². The van der Waals surface area contributed by atoms with E-state index in [-0.39, 0.29) is 18.6 Å². The molecule has 18 heavy (non-hydrogen) atoms. The number of carbonyl (C=O) groups excluding carboxylic acids is 1. The molecule has 0 saturated heterocycles. The molecule has 1 aliphatic heterocycles. The minimum absolute atomic E-state index is 0.149. The summed E-state index contributed by atoms with van der Waals surface area (Å²) in [6.45, 7) is 1.34. The Morgan fingerprint density at radius 3 is 3.06 bits per heavy atom. The standard InChI is InChI=1S/C13H14BrNO3/c14-11-3-9(5-15-13(16)8-1-2-8)12-10(4-11)6-17-7-18-12/h3-4,8H,1-2,5-7H2,(H,15,16). The second-order valence-corrected chi connectivity index (χ2v) is 5.57. The average molecular weight is 312 g/mol. The summed E-state index contributed by atoms with van der Waals surface area (Å²) in [5.41, 5.74) is 2.02. The fraction of sp³-hybridized carbons (Fsp3) is 0.462. The molecule has 1 heterocycles. The van der Waals surface area contributed by atoms with E-state index in [1.54, 1.807) is 0 Å². The summed E-state index contributed by atoms with van der Waals surface area (Å²) in [7, 11) is 0. The van der Waals surface area contributed by atoms with E-state index in [4.69, 9.17) is 9.47 Å². The summed E-state index contributed by atoms with van der Waals surface area (Å²) >= 11 is 3.47. The number of fused-ring (bicyclic) bond motifs is 1. The fourth-order valence-electron chi connectivity index (χ4n) is 2.06. The minimum atomic E-state index is 0.149. The predicted molar refractivity (Wildman–Crippen MR) is 69.0 cm³/mol. The van der Waals surface area contributed by atoms with Gasteiger partial charge in [-0.2, -0.15) is 0 Å². The molecule has 3 rings (SSSR count). The second kappa shape index (κ2) is 4.90. The van der Waals surface area contributed by atoms with E-state index in [0.29, 0.717) is 13.2 Å². The Morgan fingerprint density at radius 2 is 2.28 bits per heavy atom. The van der Waals surface area contributed by atoms with Gasteiger partial charge in [-0.15, -0.1) is 0 Å². The van der Waals surface area contributed by atoms with Crippen molar-refractivity contribution in [2.75, 3.05) is 6.79 Å².